The number of hydrogen-bond acceptors (Lipinski definition) is 6. The topological polar surface area (TPSA) is 90.0 Å². The Morgan fingerprint density at radius 3 is 2.16 bits per heavy atom. The molecule has 0 radical (unpaired) electrons. The summed E-state index contributed by atoms with van der Waals surface area (Å²) in [4.78, 5) is 50.8. The first-order valence-electron chi connectivity index (χ1n) is 10.2. The van der Waals surface area contributed by atoms with Gasteiger partial charge in [0.15, 0.2) is 6.10 Å². The van der Waals surface area contributed by atoms with Gasteiger partial charge in [-0.2, -0.15) is 0 Å². The van der Waals surface area contributed by atoms with Gasteiger partial charge in [0.2, 0.25) is 11.7 Å². The zero-order valence-corrected chi connectivity index (χ0v) is 17.7. The summed E-state index contributed by atoms with van der Waals surface area (Å²) < 4.78 is 10.5. The lowest BCUT2D eigenvalue weighted by molar-refractivity contribution is -0.151. The van der Waals surface area contributed by atoms with Crippen LogP contribution in [0.25, 0.3) is 0 Å². The molecule has 1 heterocycles. The monoisotopic (exact) mass is 423 g/mol. The van der Waals surface area contributed by atoms with Crippen molar-refractivity contribution in [3.63, 3.8) is 0 Å². The summed E-state index contributed by atoms with van der Waals surface area (Å²) in [7, 11) is 0. The number of hydrogen-bond donors (Lipinski definition) is 0. The molecule has 1 aliphatic heterocycles. The zero-order chi connectivity index (χ0) is 22.5. The van der Waals surface area contributed by atoms with Crippen molar-refractivity contribution in [2.45, 2.75) is 39.4 Å². The third kappa shape index (κ3) is 5.36. The van der Waals surface area contributed by atoms with Gasteiger partial charge in [0.05, 0.1) is 17.6 Å². The van der Waals surface area contributed by atoms with Gasteiger partial charge in [-0.05, 0) is 45.0 Å². The maximum Gasteiger partial charge on any atom is 0.338 e. The van der Waals surface area contributed by atoms with Crippen LogP contribution in [0.15, 0.2) is 54.6 Å². The van der Waals surface area contributed by atoms with E-state index in [-0.39, 0.29) is 30.8 Å². The van der Waals surface area contributed by atoms with Crippen LogP contribution >= 0.6 is 0 Å². The number of amides is 1. The molecule has 3 rings (SSSR count). The Morgan fingerprint density at radius 2 is 1.55 bits per heavy atom. The Balaban J connectivity index is 1.61. The van der Waals surface area contributed by atoms with Gasteiger partial charge in [-0.1, -0.05) is 30.3 Å². The number of esters is 2. The molecule has 162 valence electrons. The lowest BCUT2D eigenvalue weighted by Gasteiger charge is -2.18. The molecule has 0 unspecified atom stereocenters. The van der Waals surface area contributed by atoms with Gasteiger partial charge in [0.1, 0.15) is 0 Å². The SMILES string of the molecule is CC(C)OC(=O)c1ccc(N2C[C@@H](C(=O)O[C@@H](C)C(=O)c3ccccc3)CC2=O)cc1. The second-order valence-corrected chi connectivity index (χ2v) is 7.72. The van der Waals surface area contributed by atoms with E-state index in [2.05, 4.69) is 0 Å². The zero-order valence-electron chi connectivity index (χ0n) is 17.7. The van der Waals surface area contributed by atoms with Crippen LogP contribution < -0.4 is 4.90 Å². The van der Waals surface area contributed by atoms with Crippen LogP contribution in [-0.2, 0) is 19.1 Å². The number of carbonyl (C=O) groups excluding carboxylic acids is 4. The van der Waals surface area contributed by atoms with E-state index in [0.29, 0.717) is 16.8 Å². The van der Waals surface area contributed by atoms with Crippen molar-refractivity contribution in [2.24, 2.45) is 5.92 Å². The first-order chi connectivity index (χ1) is 14.8. The minimum atomic E-state index is -0.940. The van der Waals surface area contributed by atoms with Crippen LogP contribution in [0.5, 0.6) is 0 Å². The van der Waals surface area contributed by atoms with Crippen molar-refractivity contribution in [3.05, 3.63) is 65.7 Å². The molecule has 2 aromatic rings. The smallest absolute Gasteiger partial charge is 0.338 e. The molecule has 1 fully saturated rings. The summed E-state index contributed by atoms with van der Waals surface area (Å²) in [5.41, 5.74) is 1.42. The molecule has 2 atom stereocenters. The van der Waals surface area contributed by atoms with Crippen LogP contribution in [-0.4, -0.2) is 42.4 Å². The number of ketones is 1. The average Bonchev–Trinajstić information content (AvgIpc) is 3.15. The second kappa shape index (κ2) is 9.55. The maximum absolute atomic E-state index is 12.5. The first kappa shape index (κ1) is 22.2. The van der Waals surface area contributed by atoms with Crippen molar-refractivity contribution >= 4 is 29.3 Å². The molecule has 0 saturated carbocycles. The van der Waals surface area contributed by atoms with Crippen molar-refractivity contribution in [1.29, 1.82) is 0 Å². The summed E-state index contributed by atoms with van der Waals surface area (Å²) in [6.07, 6.45) is -1.16. The fourth-order valence-electron chi connectivity index (χ4n) is 3.34. The molecule has 7 heteroatoms. The lowest BCUT2D eigenvalue weighted by Crippen LogP contribution is -2.30. The van der Waals surface area contributed by atoms with Crippen molar-refractivity contribution in [3.8, 4) is 0 Å². The molecular weight excluding hydrogens is 398 g/mol. The van der Waals surface area contributed by atoms with E-state index in [9.17, 15) is 19.2 Å². The predicted molar refractivity (Wildman–Crippen MR) is 114 cm³/mol. The number of ether oxygens (including phenoxy) is 2. The molecule has 1 saturated heterocycles. The Labute approximate surface area is 180 Å². The van der Waals surface area contributed by atoms with E-state index >= 15 is 0 Å². The van der Waals surface area contributed by atoms with E-state index in [0.717, 1.165) is 0 Å². The quantitative estimate of drug-likeness (QED) is 0.501. The van der Waals surface area contributed by atoms with Gasteiger partial charge in [-0.15, -0.1) is 0 Å². The number of nitrogens with zero attached hydrogens (tertiary/aromatic N) is 1. The number of anilines is 1. The lowest BCUT2D eigenvalue weighted by atomic mass is 10.1. The third-order valence-electron chi connectivity index (χ3n) is 4.94. The molecule has 2 aromatic carbocycles. The van der Waals surface area contributed by atoms with E-state index < -0.39 is 24.0 Å². The molecule has 0 aromatic heterocycles. The van der Waals surface area contributed by atoms with E-state index in [1.54, 1.807) is 68.4 Å². The molecule has 1 amide bonds. The Morgan fingerprint density at radius 1 is 0.903 bits per heavy atom. The summed E-state index contributed by atoms with van der Waals surface area (Å²) >= 11 is 0. The molecule has 0 bridgehead atoms. The molecule has 31 heavy (non-hydrogen) atoms. The normalized spacial score (nSPS) is 16.8. The number of carbonyl (C=O) groups is 4. The Kier molecular flexibility index (Phi) is 6.84. The average molecular weight is 423 g/mol. The highest BCUT2D eigenvalue weighted by atomic mass is 16.5. The highest BCUT2D eigenvalue weighted by Gasteiger charge is 2.37. The third-order valence-corrected chi connectivity index (χ3v) is 4.94. The summed E-state index contributed by atoms with van der Waals surface area (Å²) in [6, 6.07) is 15.0. The highest BCUT2D eigenvalue weighted by molar-refractivity contribution is 6.02. The van der Waals surface area contributed by atoms with Gasteiger partial charge in [0, 0.05) is 24.2 Å². The predicted octanol–water partition coefficient (Wildman–Crippen LogP) is 3.42. The van der Waals surface area contributed by atoms with E-state index in [4.69, 9.17) is 9.47 Å². The molecular formula is C24H25NO6. The molecule has 1 aliphatic rings. The van der Waals surface area contributed by atoms with Gasteiger partial charge in [-0.25, -0.2) is 4.79 Å². The number of Topliss-reactive ketones (excluding diaryl/α,β-unsaturated/α-hetero) is 1. The summed E-state index contributed by atoms with van der Waals surface area (Å²) in [5, 5.41) is 0. The van der Waals surface area contributed by atoms with Gasteiger partial charge in [-0.3, -0.25) is 14.4 Å². The highest BCUT2D eigenvalue weighted by Crippen LogP contribution is 2.27. The number of rotatable bonds is 7. The Bertz CT molecular complexity index is 967. The first-order valence-corrected chi connectivity index (χ1v) is 10.2. The fraction of sp³-hybridized carbons (Fsp3) is 0.333. The summed E-state index contributed by atoms with van der Waals surface area (Å²) in [5.74, 6) is -2.19. The van der Waals surface area contributed by atoms with Gasteiger partial charge < -0.3 is 14.4 Å². The van der Waals surface area contributed by atoms with Crippen LogP contribution in [0.3, 0.4) is 0 Å². The largest absolute Gasteiger partial charge is 0.459 e. The fourth-order valence-corrected chi connectivity index (χ4v) is 3.34. The van der Waals surface area contributed by atoms with E-state index in [1.807, 2.05) is 0 Å². The van der Waals surface area contributed by atoms with Crippen LogP contribution in [0.1, 0.15) is 47.9 Å². The van der Waals surface area contributed by atoms with Crippen molar-refractivity contribution in [2.75, 3.05) is 11.4 Å². The minimum absolute atomic E-state index is 0.00221. The maximum atomic E-state index is 12.5. The van der Waals surface area contributed by atoms with Crippen molar-refractivity contribution in [1.82, 2.24) is 0 Å². The number of benzene rings is 2. The Hall–Kier alpha value is -3.48. The summed E-state index contributed by atoms with van der Waals surface area (Å²) in [6.45, 7) is 5.21. The molecule has 0 N–H and O–H groups in total. The minimum Gasteiger partial charge on any atom is -0.459 e. The van der Waals surface area contributed by atoms with E-state index in [1.165, 1.54) is 11.8 Å². The van der Waals surface area contributed by atoms with Crippen LogP contribution in [0, 0.1) is 5.92 Å². The van der Waals surface area contributed by atoms with Crippen LogP contribution in [0.2, 0.25) is 0 Å². The van der Waals surface area contributed by atoms with Crippen molar-refractivity contribution < 1.29 is 28.7 Å². The second-order valence-electron chi connectivity index (χ2n) is 7.72. The standard InChI is InChI=1S/C24H25NO6/c1-15(2)30-23(28)18-9-11-20(12-10-18)25-14-19(13-21(25)26)24(29)31-16(3)22(27)17-7-5-4-6-8-17/h4-12,15-16,19H,13-14H2,1-3H3/t16-,19-/m0/s1. The molecule has 0 spiro atoms. The van der Waals surface area contributed by atoms with Gasteiger partial charge in [0.25, 0.3) is 0 Å². The molecule has 0 aliphatic carbocycles. The van der Waals surface area contributed by atoms with Crippen LogP contribution in [0.4, 0.5) is 5.69 Å². The molecule has 7 nitrogen and oxygen atoms in total. The van der Waals surface area contributed by atoms with Gasteiger partial charge >= 0.3 is 11.9 Å².